The molecule has 0 unspecified atom stereocenters. The molecule has 2 heterocycles. The number of aromatic hydroxyl groups is 1. The van der Waals surface area contributed by atoms with Crippen molar-refractivity contribution in [3.63, 3.8) is 0 Å². The second-order valence-electron chi connectivity index (χ2n) is 6.04. The summed E-state index contributed by atoms with van der Waals surface area (Å²) in [6.45, 7) is 2.55. The van der Waals surface area contributed by atoms with Crippen LogP contribution in [0.15, 0.2) is 76.1 Å². The molecule has 0 amide bonds. The summed E-state index contributed by atoms with van der Waals surface area (Å²) in [6.07, 6.45) is 1.66. The molecule has 2 aromatic heterocycles. The maximum Gasteiger partial charge on any atom is 0.212 e. The van der Waals surface area contributed by atoms with Gasteiger partial charge in [0, 0.05) is 17.5 Å². The first kappa shape index (κ1) is 19.1. The molecular weight excluding hydrogens is 402 g/mol. The summed E-state index contributed by atoms with van der Waals surface area (Å²) in [5.41, 5.74) is 5.80. The molecule has 4 aromatic rings. The quantitative estimate of drug-likeness (QED) is 0.337. The monoisotopic (exact) mass is 421 g/mol. The first-order valence-corrected chi connectivity index (χ1v) is 10.8. The molecule has 0 fully saturated rings. The van der Waals surface area contributed by atoms with Gasteiger partial charge in [-0.05, 0) is 19.1 Å². The standard InChI is InChI=1S/C21H19N5OS2/c1-2-26-19(27)18(13-22-16-11-7-4-8-12-16)29-21(26)25-24-20-23-17(14-28-20)15-9-5-3-6-10-15/h3-14,27H,2H2,1H3,(H,23,24)/b22-13?,25-21+. The molecule has 0 aliphatic heterocycles. The molecule has 0 radical (unpaired) electrons. The maximum atomic E-state index is 10.5. The fourth-order valence-corrected chi connectivity index (χ4v) is 4.27. The fourth-order valence-electron chi connectivity index (χ4n) is 2.68. The average Bonchev–Trinajstić information content (AvgIpc) is 3.36. The van der Waals surface area contributed by atoms with Crippen molar-refractivity contribution in [3.8, 4) is 17.1 Å². The molecule has 0 spiro atoms. The SMILES string of the molecule is CCn1c(O)c(C=Nc2ccccc2)s/c1=N/Nc1nc(-c2ccccc2)cs1. The van der Waals surface area contributed by atoms with E-state index in [2.05, 4.69) is 20.5 Å². The van der Waals surface area contributed by atoms with Gasteiger partial charge in [-0.3, -0.25) is 9.56 Å². The summed E-state index contributed by atoms with van der Waals surface area (Å²) >= 11 is 2.85. The number of anilines is 1. The van der Waals surface area contributed by atoms with E-state index in [0.717, 1.165) is 16.9 Å². The van der Waals surface area contributed by atoms with Crippen LogP contribution in [0, 0.1) is 0 Å². The first-order valence-electron chi connectivity index (χ1n) is 9.07. The van der Waals surface area contributed by atoms with Gasteiger partial charge in [-0.1, -0.05) is 59.9 Å². The fraction of sp³-hybridized carbons (Fsp3) is 0.0952. The van der Waals surface area contributed by atoms with Gasteiger partial charge in [-0.25, -0.2) is 10.4 Å². The number of hydrogen-bond donors (Lipinski definition) is 2. The number of aromatic nitrogens is 2. The van der Waals surface area contributed by atoms with E-state index in [4.69, 9.17) is 0 Å². The lowest BCUT2D eigenvalue weighted by Gasteiger charge is -1.99. The number of nitrogens with one attached hydrogen (secondary N) is 1. The van der Waals surface area contributed by atoms with Gasteiger partial charge in [0.25, 0.3) is 0 Å². The predicted octanol–water partition coefficient (Wildman–Crippen LogP) is 5.08. The highest BCUT2D eigenvalue weighted by atomic mass is 32.1. The van der Waals surface area contributed by atoms with Crippen LogP contribution in [-0.2, 0) is 6.54 Å². The summed E-state index contributed by atoms with van der Waals surface area (Å²) in [6, 6.07) is 19.6. The zero-order valence-electron chi connectivity index (χ0n) is 15.7. The van der Waals surface area contributed by atoms with Gasteiger partial charge >= 0.3 is 0 Å². The largest absolute Gasteiger partial charge is 0.493 e. The minimum Gasteiger partial charge on any atom is -0.493 e. The van der Waals surface area contributed by atoms with Crippen molar-refractivity contribution in [1.82, 2.24) is 9.55 Å². The molecule has 0 aliphatic rings. The van der Waals surface area contributed by atoms with E-state index in [1.165, 1.54) is 22.7 Å². The molecule has 0 saturated heterocycles. The molecule has 0 atom stereocenters. The number of benzene rings is 2. The van der Waals surface area contributed by atoms with E-state index in [9.17, 15) is 5.11 Å². The van der Waals surface area contributed by atoms with Gasteiger partial charge in [-0.15, -0.1) is 16.4 Å². The van der Waals surface area contributed by atoms with Crippen molar-refractivity contribution in [3.05, 3.63) is 75.7 Å². The van der Waals surface area contributed by atoms with E-state index in [-0.39, 0.29) is 5.88 Å². The van der Waals surface area contributed by atoms with E-state index in [1.54, 1.807) is 10.8 Å². The molecule has 0 bridgehead atoms. The lowest BCUT2D eigenvalue weighted by atomic mass is 10.2. The highest BCUT2D eigenvalue weighted by molar-refractivity contribution is 7.14. The van der Waals surface area contributed by atoms with Crippen LogP contribution in [0.5, 0.6) is 5.88 Å². The normalized spacial score (nSPS) is 12.0. The molecule has 29 heavy (non-hydrogen) atoms. The summed E-state index contributed by atoms with van der Waals surface area (Å²) in [5.74, 6) is 0.154. The number of para-hydroxylation sites is 1. The van der Waals surface area contributed by atoms with E-state index < -0.39 is 0 Å². The van der Waals surface area contributed by atoms with Crippen molar-refractivity contribution in [1.29, 1.82) is 0 Å². The number of rotatable bonds is 6. The number of aliphatic imine (C=N–C) groups is 1. The Bertz CT molecular complexity index is 1180. The van der Waals surface area contributed by atoms with Gasteiger partial charge in [0.1, 0.15) is 4.88 Å². The van der Waals surface area contributed by atoms with Crippen LogP contribution in [0.25, 0.3) is 11.3 Å². The zero-order chi connectivity index (χ0) is 20.1. The Labute approximate surface area is 176 Å². The summed E-state index contributed by atoms with van der Waals surface area (Å²) in [4.78, 5) is 10.3. The van der Waals surface area contributed by atoms with Crippen molar-refractivity contribution < 1.29 is 5.11 Å². The molecule has 6 nitrogen and oxygen atoms in total. The molecule has 2 aromatic carbocycles. The van der Waals surface area contributed by atoms with Gasteiger partial charge in [-0.2, -0.15) is 0 Å². The maximum absolute atomic E-state index is 10.5. The van der Waals surface area contributed by atoms with Gasteiger partial charge in [0.05, 0.1) is 17.6 Å². The molecule has 8 heteroatoms. The van der Waals surface area contributed by atoms with Gasteiger partial charge < -0.3 is 5.11 Å². The third kappa shape index (κ3) is 4.44. The minimum absolute atomic E-state index is 0.154. The topological polar surface area (TPSA) is 74.8 Å². The van der Waals surface area contributed by atoms with Crippen LogP contribution < -0.4 is 10.2 Å². The lowest BCUT2D eigenvalue weighted by Crippen LogP contribution is -2.14. The summed E-state index contributed by atoms with van der Waals surface area (Å²) < 4.78 is 1.73. The highest BCUT2D eigenvalue weighted by Crippen LogP contribution is 2.25. The van der Waals surface area contributed by atoms with Crippen molar-refractivity contribution in [2.24, 2.45) is 10.1 Å². The van der Waals surface area contributed by atoms with Crippen LogP contribution in [0.2, 0.25) is 0 Å². The molecule has 4 rings (SSSR count). The molecule has 0 aliphatic carbocycles. The predicted molar refractivity (Wildman–Crippen MR) is 120 cm³/mol. The summed E-state index contributed by atoms with van der Waals surface area (Å²) in [7, 11) is 0. The number of nitrogens with zero attached hydrogens (tertiary/aromatic N) is 4. The third-order valence-electron chi connectivity index (χ3n) is 4.13. The van der Waals surface area contributed by atoms with E-state index in [1.807, 2.05) is 73.0 Å². The Hall–Kier alpha value is -3.23. The molecule has 2 N–H and O–H groups in total. The van der Waals surface area contributed by atoms with E-state index in [0.29, 0.717) is 21.4 Å². The van der Waals surface area contributed by atoms with Crippen LogP contribution >= 0.6 is 22.7 Å². The molecule has 0 saturated carbocycles. The molecule has 146 valence electrons. The minimum atomic E-state index is 0.154. The summed E-state index contributed by atoms with van der Waals surface area (Å²) in [5, 5.41) is 17.7. The number of thiazole rings is 2. The zero-order valence-corrected chi connectivity index (χ0v) is 17.3. The van der Waals surface area contributed by atoms with Crippen LogP contribution in [0.3, 0.4) is 0 Å². The van der Waals surface area contributed by atoms with Gasteiger partial charge in [0.2, 0.25) is 15.8 Å². The Kier molecular flexibility index (Phi) is 5.83. The van der Waals surface area contributed by atoms with Crippen molar-refractivity contribution >= 4 is 39.7 Å². The second kappa shape index (κ2) is 8.85. The Balaban J connectivity index is 1.57. The third-order valence-corrected chi connectivity index (χ3v) is 5.88. The Morgan fingerprint density at radius 2 is 1.83 bits per heavy atom. The number of hydrogen-bond acceptors (Lipinski definition) is 7. The second-order valence-corrected chi connectivity index (χ2v) is 7.91. The Morgan fingerprint density at radius 1 is 1.10 bits per heavy atom. The Morgan fingerprint density at radius 3 is 2.55 bits per heavy atom. The van der Waals surface area contributed by atoms with E-state index >= 15 is 0 Å². The molecular formula is C21H19N5OS2. The van der Waals surface area contributed by atoms with Crippen molar-refractivity contribution in [2.75, 3.05) is 5.43 Å². The van der Waals surface area contributed by atoms with Crippen LogP contribution in [-0.4, -0.2) is 20.9 Å². The smallest absolute Gasteiger partial charge is 0.212 e. The van der Waals surface area contributed by atoms with Crippen molar-refractivity contribution in [2.45, 2.75) is 13.5 Å². The van der Waals surface area contributed by atoms with Crippen LogP contribution in [0.1, 0.15) is 11.8 Å². The highest BCUT2D eigenvalue weighted by Gasteiger charge is 2.10. The average molecular weight is 422 g/mol. The first-order chi connectivity index (χ1) is 14.2. The lowest BCUT2D eigenvalue weighted by molar-refractivity contribution is 0.416. The van der Waals surface area contributed by atoms with Crippen LogP contribution in [0.4, 0.5) is 10.8 Å². The van der Waals surface area contributed by atoms with Gasteiger partial charge in [0.15, 0.2) is 0 Å².